The van der Waals surface area contributed by atoms with Crippen molar-refractivity contribution in [2.75, 3.05) is 13.8 Å². The Morgan fingerprint density at radius 2 is 2.15 bits per heavy atom. The Kier molecular flexibility index (Phi) is 3.25. The van der Waals surface area contributed by atoms with Crippen molar-refractivity contribution >= 4 is 5.97 Å². The zero-order valence-electron chi connectivity index (χ0n) is 7.88. The van der Waals surface area contributed by atoms with Crippen molar-refractivity contribution in [2.24, 2.45) is 11.7 Å². The summed E-state index contributed by atoms with van der Waals surface area (Å²) < 4.78 is 17.2. The van der Waals surface area contributed by atoms with Crippen molar-refractivity contribution in [1.82, 2.24) is 0 Å². The van der Waals surface area contributed by atoms with Gasteiger partial charge in [-0.15, -0.1) is 0 Å². The molecule has 0 bridgehead atoms. The first-order chi connectivity index (χ1) is 6.15. The van der Waals surface area contributed by atoms with E-state index in [1.54, 1.807) is 0 Å². The molecule has 1 aliphatic rings. The number of halogens is 1. The van der Waals surface area contributed by atoms with E-state index in [2.05, 4.69) is 4.74 Å². The van der Waals surface area contributed by atoms with E-state index in [0.29, 0.717) is 0 Å². The molecule has 3 nitrogen and oxygen atoms in total. The fourth-order valence-electron chi connectivity index (χ4n) is 1.96. The maximum absolute atomic E-state index is 12.7. The van der Waals surface area contributed by atoms with Gasteiger partial charge in [-0.3, -0.25) is 0 Å². The number of hydrogen-bond acceptors (Lipinski definition) is 3. The number of nitrogens with two attached hydrogens (primary N) is 1. The summed E-state index contributed by atoms with van der Waals surface area (Å²) in [5.74, 6) is -0.674. The molecule has 1 aliphatic carbocycles. The maximum atomic E-state index is 12.7. The molecule has 0 radical (unpaired) electrons. The molecule has 2 N–H and O–H groups in total. The summed E-state index contributed by atoms with van der Waals surface area (Å²) in [6.45, 7) is -0.829. The first-order valence-electron chi connectivity index (χ1n) is 4.58. The van der Waals surface area contributed by atoms with Gasteiger partial charge in [0.2, 0.25) is 0 Å². The minimum absolute atomic E-state index is 0.0510. The smallest absolute Gasteiger partial charge is 0.328 e. The van der Waals surface area contributed by atoms with Gasteiger partial charge in [0.15, 0.2) is 0 Å². The summed E-state index contributed by atoms with van der Waals surface area (Å²) in [4.78, 5) is 11.3. The average molecular weight is 189 g/mol. The lowest BCUT2D eigenvalue weighted by atomic mass is 9.84. The number of hydrogen-bond donors (Lipinski definition) is 1. The van der Waals surface area contributed by atoms with Crippen LogP contribution in [0.1, 0.15) is 25.7 Å². The van der Waals surface area contributed by atoms with Crippen LogP contribution < -0.4 is 5.73 Å². The van der Waals surface area contributed by atoms with Crippen LogP contribution >= 0.6 is 0 Å². The number of ether oxygens (including phenoxy) is 1. The maximum Gasteiger partial charge on any atom is 0.328 e. The molecule has 1 rings (SSSR count). The van der Waals surface area contributed by atoms with Gasteiger partial charge >= 0.3 is 5.97 Å². The lowest BCUT2D eigenvalue weighted by Gasteiger charge is -2.29. The zero-order valence-corrected chi connectivity index (χ0v) is 7.88. The monoisotopic (exact) mass is 189 g/mol. The van der Waals surface area contributed by atoms with Gasteiger partial charge in [0.05, 0.1) is 7.11 Å². The van der Waals surface area contributed by atoms with Gasteiger partial charge in [-0.1, -0.05) is 12.8 Å². The highest BCUT2D eigenvalue weighted by molar-refractivity contribution is 5.81. The molecule has 0 heterocycles. The second kappa shape index (κ2) is 4.05. The summed E-state index contributed by atoms with van der Waals surface area (Å²) in [6, 6.07) is 0. The van der Waals surface area contributed by atoms with Crippen LogP contribution in [-0.2, 0) is 9.53 Å². The van der Waals surface area contributed by atoms with Crippen LogP contribution in [0.15, 0.2) is 0 Å². The van der Waals surface area contributed by atoms with Crippen molar-refractivity contribution in [3.63, 3.8) is 0 Å². The summed E-state index contributed by atoms with van der Waals surface area (Å²) in [7, 11) is 1.24. The second-order valence-electron chi connectivity index (χ2n) is 3.65. The molecule has 0 aromatic carbocycles. The summed E-state index contributed by atoms with van der Waals surface area (Å²) in [5, 5.41) is 0. The molecule has 1 unspecified atom stereocenters. The Hall–Kier alpha value is -0.640. The highest BCUT2D eigenvalue weighted by Gasteiger charge is 2.44. The van der Waals surface area contributed by atoms with E-state index < -0.39 is 18.2 Å². The predicted octanol–water partition coefficient (Wildman–Crippen LogP) is 1.02. The largest absolute Gasteiger partial charge is 0.468 e. The van der Waals surface area contributed by atoms with E-state index in [1.807, 2.05) is 0 Å². The lowest BCUT2D eigenvalue weighted by molar-refractivity contribution is -0.150. The van der Waals surface area contributed by atoms with E-state index in [1.165, 1.54) is 7.11 Å². The van der Waals surface area contributed by atoms with Gasteiger partial charge in [0.25, 0.3) is 0 Å². The molecule has 76 valence electrons. The molecule has 0 saturated heterocycles. The Bertz CT molecular complexity index is 192. The van der Waals surface area contributed by atoms with Crippen molar-refractivity contribution in [1.29, 1.82) is 0 Å². The van der Waals surface area contributed by atoms with E-state index in [-0.39, 0.29) is 5.92 Å². The van der Waals surface area contributed by atoms with Crippen LogP contribution in [0.3, 0.4) is 0 Å². The highest BCUT2D eigenvalue weighted by Crippen LogP contribution is 2.33. The third-order valence-electron chi connectivity index (χ3n) is 2.87. The number of carbonyl (C=O) groups is 1. The second-order valence-corrected chi connectivity index (χ2v) is 3.65. The van der Waals surface area contributed by atoms with Crippen LogP contribution in [0, 0.1) is 5.92 Å². The first-order valence-corrected chi connectivity index (χ1v) is 4.58. The van der Waals surface area contributed by atoms with Gasteiger partial charge < -0.3 is 10.5 Å². The van der Waals surface area contributed by atoms with Gasteiger partial charge in [-0.2, -0.15) is 0 Å². The Labute approximate surface area is 77.4 Å². The van der Waals surface area contributed by atoms with Crippen molar-refractivity contribution in [2.45, 2.75) is 31.2 Å². The SMILES string of the molecule is COC(=O)C(N)(CF)C1CCCC1. The predicted molar refractivity (Wildman–Crippen MR) is 46.9 cm³/mol. The van der Waals surface area contributed by atoms with Crippen LogP contribution in [0.2, 0.25) is 0 Å². The van der Waals surface area contributed by atoms with E-state index in [0.717, 1.165) is 25.7 Å². The van der Waals surface area contributed by atoms with Crippen LogP contribution in [0.4, 0.5) is 4.39 Å². The summed E-state index contributed by atoms with van der Waals surface area (Å²) in [6.07, 6.45) is 3.71. The number of methoxy groups -OCH3 is 1. The topological polar surface area (TPSA) is 52.3 Å². The molecule has 0 aliphatic heterocycles. The Balaban J connectivity index is 2.72. The number of esters is 1. The van der Waals surface area contributed by atoms with E-state index >= 15 is 0 Å². The Morgan fingerprint density at radius 1 is 1.62 bits per heavy atom. The number of rotatable bonds is 3. The van der Waals surface area contributed by atoms with Crippen LogP contribution in [0.5, 0.6) is 0 Å². The molecule has 1 atom stereocenters. The third kappa shape index (κ3) is 1.82. The molecule has 0 amide bonds. The molecule has 1 saturated carbocycles. The fourth-order valence-corrected chi connectivity index (χ4v) is 1.96. The Morgan fingerprint density at radius 3 is 2.54 bits per heavy atom. The van der Waals surface area contributed by atoms with Crippen LogP contribution in [0.25, 0.3) is 0 Å². The quantitative estimate of drug-likeness (QED) is 0.674. The van der Waals surface area contributed by atoms with Crippen LogP contribution in [-0.4, -0.2) is 25.3 Å². The zero-order chi connectivity index (χ0) is 9.90. The van der Waals surface area contributed by atoms with Crippen molar-refractivity contribution in [3.05, 3.63) is 0 Å². The summed E-state index contributed by atoms with van der Waals surface area (Å²) >= 11 is 0. The van der Waals surface area contributed by atoms with Gasteiger partial charge in [-0.25, -0.2) is 9.18 Å². The van der Waals surface area contributed by atoms with Gasteiger partial charge in [0.1, 0.15) is 12.2 Å². The number of carbonyl (C=O) groups excluding carboxylic acids is 1. The fraction of sp³-hybridized carbons (Fsp3) is 0.889. The molecular formula is C9H16FNO2. The molecule has 1 fully saturated rings. The minimum Gasteiger partial charge on any atom is -0.468 e. The lowest BCUT2D eigenvalue weighted by Crippen LogP contribution is -2.56. The highest BCUT2D eigenvalue weighted by atomic mass is 19.1. The number of alkyl halides is 1. The third-order valence-corrected chi connectivity index (χ3v) is 2.87. The molecular weight excluding hydrogens is 173 g/mol. The average Bonchev–Trinajstić information content (AvgIpc) is 2.68. The molecule has 0 aromatic heterocycles. The van der Waals surface area contributed by atoms with E-state index in [9.17, 15) is 9.18 Å². The standard InChI is InChI=1S/C9H16FNO2/c1-13-8(12)9(11,6-10)7-4-2-3-5-7/h7H,2-6,11H2,1H3. The molecule has 4 heteroatoms. The van der Waals surface area contributed by atoms with Crippen molar-refractivity contribution in [3.8, 4) is 0 Å². The first kappa shape index (κ1) is 10.4. The molecule has 13 heavy (non-hydrogen) atoms. The minimum atomic E-state index is -1.40. The van der Waals surface area contributed by atoms with Gasteiger partial charge in [0, 0.05) is 0 Å². The van der Waals surface area contributed by atoms with Gasteiger partial charge in [-0.05, 0) is 18.8 Å². The van der Waals surface area contributed by atoms with E-state index in [4.69, 9.17) is 5.73 Å². The molecule has 0 aromatic rings. The normalized spacial score (nSPS) is 22.7. The summed E-state index contributed by atoms with van der Waals surface area (Å²) in [5.41, 5.74) is 4.31. The molecule has 0 spiro atoms. The van der Waals surface area contributed by atoms with Crippen molar-refractivity contribution < 1.29 is 13.9 Å².